The highest BCUT2D eigenvalue weighted by atomic mass is 79.9. The summed E-state index contributed by atoms with van der Waals surface area (Å²) in [6, 6.07) is 22.6. The van der Waals surface area contributed by atoms with E-state index in [-0.39, 0.29) is 30.6 Å². The van der Waals surface area contributed by atoms with Crippen LogP contribution in [0.2, 0.25) is 5.02 Å². The van der Waals surface area contributed by atoms with Crippen LogP contribution in [-0.4, -0.2) is 50.0 Å². The van der Waals surface area contributed by atoms with Gasteiger partial charge in [0.1, 0.15) is 12.6 Å². The molecule has 0 radical (unpaired) electrons. The number of rotatable bonds is 11. The van der Waals surface area contributed by atoms with Crippen molar-refractivity contribution in [3.8, 4) is 0 Å². The minimum Gasteiger partial charge on any atom is -0.352 e. The van der Waals surface area contributed by atoms with Crippen LogP contribution < -0.4 is 9.62 Å². The van der Waals surface area contributed by atoms with Gasteiger partial charge in [0, 0.05) is 28.5 Å². The number of sulfonamides is 1. The minimum atomic E-state index is -3.84. The number of nitrogens with one attached hydrogen (secondary N) is 1. The number of carbonyl (C=O) groups is 2. The number of halogens is 2. The number of anilines is 1. The Bertz CT molecular complexity index is 1410. The van der Waals surface area contributed by atoms with E-state index in [0.29, 0.717) is 5.02 Å². The van der Waals surface area contributed by atoms with Gasteiger partial charge in [0.15, 0.2) is 0 Å². The average Bonchev–Trinajstić information content (AvgIpc) is 3.43. The lowest BCUT2D eigenvalue weighted by Gasteiger charge is -2.34. The Morgan fingerprint density at radius 1 is 0.975 bits per heavy atom. The predicted molar refractivity (Wildman–Crippen MR) is 163 cm³/mol. The summed E-state index contributed by atoms with van der Waals surface area (Å²) in [5, 5.41) is 3.51. The van der Waals surface area contributed by atoms with Crippen molar-refractivity contribution in [2.24, 2.45) is 0 Å². The predicted octanol–water partition coefficient (Wildman–Crippen LogP) is 5.57. The van der Waals surface area contributed by atoms with E-state index < -0.39 is 28.5 Å². The van der Waals surface area contributed by atoms with Crippen molar-refractivity contribution in [1.82, 2.24) is 10.2 Å². The van der Waals surface area contributed by atoms with E-state index in [2.05, 4.69) is 21.2 Å². The third-order valence-electron chi connectivity index (χ3n) is 7.01. The fraction of sp³-hybridized carbons (Fsp3) is 0.333. The van der Waals surface area contributed by atoms with Crippen LogP contribution in [0.1, 0.15) is 36.8 Å². The van der Waals surface area contributed by atoms with Crippen LogP contribution >= 0.6 is 27.5 Å². The Kier molecular flexibility index (Phi) is 10.3. The van der Waals surface area contributed by atoms with Crippen molar-refractivity contribution < 1.29 is 18.0 Å². The third-order valence-corrected chi connectivity index (χ3v) is 8.92. The van der Waals surface area contributed by atoms with E-state index in [4.69, 9.17) is 11.6 Å². The molecule has 40 heavy (non-hydrogen) atoms. The molecule has 4 rings (SSSR count). The molecule has 0 heterocycles. The molecule has 0 aromatic heterocycles. The number of hydrogen-bond acceptors (Lipinski definition) is 4. The maximum atomic E-state index is 14.1. The first-order chi connectivity index (χ1) is 19.1. The van der Waals surface area contributed by atoms with E-state index in [9.17, 15) is 18.0 Å². The molecule has 212 valence electrons. The SMILES string of the molecule is CS(=O)(=O)N(CC(=O)N(Cc1ccc(Br)cc1)[C@@H](Cc1ccccc1)C(=O)NC1CCCC1)c1cccc(Cl)c1. The van der Waals surface area contributed by atoms with Gasteiger partial charge in [-0.05, 0) is 54.3 Å². The van der Waals surface area contributed by atoms with Crippen LogP contribution in [0.25, 0.3) is 0 Å². The highest BCUT2D eigenvalue weighted by molar-refractivity contribution is 9.10. The molecule has 3 aromatic rings. The van der Waals surface area contributed by atoms with Gasteiger partial charge in [-0.2, -0.15) is 0 Å². The van der Waals surface area contributed by atoms with Crippen LogP contribution in [-0.2, 0) is 32.6 Å². The maximum Gasteiger partial charge on any atom is 0.244 e. The van der Waals surface area contributed by atoms with Crippen molar-refractivity contribution in [2.75, 3.05) is 17.1 Å². The number of carbonyl (C=O) groups excluding carboxylic acids is 2. The summed E-state index contributed by atoms with van der Waals surface area (Å²) in [5.41, 5.74) is 2.00. The second kappa shape index (κ2) is 13.7. The molecule has 0 unspecified atom stereocenters. The topological polar surface area (TPSA) is 86.8 Å². The van der Waals surface area contributed by atoms with Gasteiger partial charge in [-0.3, -0.25) is 13.9 Å². The Morgan fingerprint density at radius 3 is 2.27 bits per heavy atom. The van der Waals surface area contributed by atoms with Crippen molar-refractivity contribution >= 4 is 55.1 Å². The highest BCUT2D eigenvalue weighted by Crippen LogP contribution is 2.24. The normalized spacial score (nSPS) is 14.5. The van der Waals surface area contributed by atoms with Gasteiger partial charge in [-0.25, -0.2) is 8.42 Å². The van der Waals surface area contributed by atoms with Crippen molar-refractivity contribution in [2.45, 2.75) is 50.7 Å². The fourth-order valence-electron chi connectivity index (χ4n) is 4.95. The first-order valence-electron chi connectivity index (χ1n) is 13.2. The van der Waals surface area contributed by atoms with Gasteiger partial charge >= 0.3 is 0 Å². The molecular formula is C30H33BrClN3O4S. The first kappa shape index (κ1) is 30.1. The first-order valence-corrected chi connectivity index (χ1v) is 16.2. The van der Waals surface area contributed by atoms with E-state index in [0.717, 1.165) is 51.8 Å². The summed E-state index contributed by atoms with van der Waals surface area (Å²) in [6.07, 6.45) is 5.26. The lowest BCUT2D eigenvalue weighted by atomic mass is 10.0. The summed E-state index contributed by atoms with van der Waals surface area (Å²) < 4.78 is 27.6. The quantitative estimate of drug-likeness (QED) is 0.295. The Morgan fingerprint density at radius 2 is 1.65 bits per heavy atom. The van der Waals surface area contributed by atoms with Gasteiger partial charge in [-0.15, -0.1) is 0 Å². The fourth-order valence-corrected chi connectivity index (χ4v) is 6.24. The molecule has 1 saturated carbocycles. The molecule has 3 aromatic carbocycles. The molecule has 1 aliphatic rings. The van der Waals surface area contributed by atoms with E-state index in [1.54, 1.807) is 18.2 Å². The number of amides is 2. The van der Waals surface area contributed by atoms with Gasteiger partial charge in [-0.1, -0.05) is 88.9 Å². The molecule has 2 amide bonds. The smallest absolute Gasteiger partial charge is 0.244 e. The summed E-state index contributed by atoms with van der Waals surface area (Å²) in [7, 11) is -3.84. The van der Waals surface area contributed by atoms with E-state index in [1.165, 1.54) is 11.0 Å². The number of hydrogen-bond donors (Lipinski definition) is 1. The summed E-state index contributed by atoms with van der Waals surface area (Å²) >= 11 is 9.59. The molecule has 10 heteroatoms. The summed E-state index contributed by atoms with van der Waals surface area (Å²) in [5.74, 6) is -0.731. The molecule has 7 nitrogen and oxygen atoms in total. The standard InChI is InChI=1S/C30H33BrClN3O4S/c1-40(38,39)35(27-13-7-10-25(32)19-27)21-29(36)34(20-23-14-16-24(31)17-15-23)28(18-22-8-3-2-4-9-22)30(37)33-26-11-5-6-12-26/h2-4,7-10,13-17,19,26,28H,5-6,11-12,18,20-21H2,1H3,(H,33,37)/t28-/m0/s1. The Hall–Kier alpha value is -2.88. The lowest BCUT2D eigenvalue weighted by molar-refractivity contribution is -0.140. The van der Waals surface area contributed by atoms with Crippen LogP contribution in [0.15, 0.2) is 83.3 Å². The second-order valence-electron chi connectivity index (χ2n) is 10.1. The van der Waals surface area contributed by atoms with Gasteiger partial charge in [0.05, 0.1) is 11.9 Å². The average molecular weight is 647 g/mol. The van der Waals surface area contributed by atoms with E-state index in [1.807, 2.05) is 54.6 Å². The third kappa shape index (κ3) is 8.32. The van der Waals surface area contributed by atoms with Crippen molar-refractivity contribution in [3.05, 3.63) is 99.5 Å². The monoisotopic (exact) mass is 645 g/mol. The minimum absolute atomic E-state index is 0.0642. The van der Waals surface area contributed by atoms with Crippen molar-refractivity contribution in [1.29, 1.82) is 0 Å². The molecule has 1 atom stereocenters. The molecule has 0 aliphatic heterocycles. The molecular weight excluding hydrogens is 614 g/mol. The summed E-state index contributed by atoms with van der Waals surface area (Å²) in [6.45, 7) is -0.341. The zero-order valence-corrected chi connectivity index (χ0v) is 25.5. The highest BCUT2D eigenvalue weighted by Gasteiger charge is 2.34. The maximum absolute atomic E-state index is 14.1. The Balaban J connectivity index is 1.72. The van der Waals surface area contributed by atoms with Crippen LogP contribution in [0.5, 0.6) is 0 Å². The van der Waals surface area contributed by atoms with Crippen molar-refractivity contribution in [3.63, 3.8) is 0 Å². The van der Waals surface area contributed by atoms with Gasteiger partial charge in [0.2, 0.25) is 21.8 Å². The molecule has 0 saturated heterocycles. The number of benzene rings is 3. The van der Waals surface area contributed by atoms with E-state index >= 15 is 0 Å². The van der Waals surface area contributed by atoms with Crippen LogP contribution in [0.3, 0.4) is 0 Å². The Labute approximate surface area is 249 Å². The van der Waals surface area contributed by atoms with Gasteiger partial charge < -0.3 is 10.2 Å². The lowest BCUT2D eigenvalue weighted by Crippen LogP contribution is -2.54. The van der Waals surface area contributed by atoms with Gasteiger partial charge in [0.25, 0.3) is 0 Å². The van der Waals surface area contributed by atoms with Crippen LogP contribution in [0, 0.1) is 0 Å². The largest absolute Gasteiger partial charge is 0.352 e. The molecule has 1 aliphatic carbocycles. The molecule has 1 fully saturated rings. The second-order valence-corrected chi connectivity index (χ2v) is 13.4. The molecule has 0 bridgehead atoms. The number of nitrogens with zero attached hydrogens (tertiary/aromatic N) is 2. The zero-order chi connectivity index (χ0) is 28.7. The molecule has 1 N–H and O–H groups in total. The zero-order valence-electron chi connectivity index (χ0n) is 22.3. The molecule has 0 spiro atoms. The summed E-state index contributed by atoms with van der Waals surface area (Å²) in [4.78, 5) is 29.4. The van der Waals surface area contributed by atoms with Crippen LogP contribution in [0.4, 0.5) is 5.69 Å².